The fourth-order valence-corrected chi connectivity index (χ4v) is 4.24. The molecule has 2 fully saturated rings. The number of ether oxygens (including phenoxy) is 1. The van der Waals surface area contributed by atoms with Gasteiger partial charge in [0.25, 0.3) is 0 Å². The molecule has 1 saturated heterocycles. The third kappa shape index (κ3) is 3.70. The fraction of sp³-hybridized carbons (Fsp3) is 0.933. The van der Waals surface area contributed by atoms with Crippen LogP contribution in [0.4, 0.5) is 13.2 Å². The van der Waals surface area contributed by atoms with Crippen molar-refractivity contribution in [2.24, 2.45) is 0 Å². The molecule has 2 aliphatic rings. The molecule has 0 aromatic carbocycles. The quantitative estimate of drug-likeness (QED) is 0.499. The Morgan fingerprint density at radius 1 is 1.32 bits per heavy atom. The van der Waals surface area contributed by atoms with E-state index in [1.807, 2.05) is 4.90 Å². The summed E-state index contributed by atoms with van der Waals surface area (Å²) in [7, 11) is 0. The van der Waals surface area contributed by atoms with Gasteiger partial charge < -0.3 is 4.74 Å². The summed E-state index contributed by atoms with van der Waals surface area (Å²) in [6.07, 6.45) is -0.730. The second-order valence-electron chi connectivity index (χ2n) is 6.78. The van der Waals surface area contributed by atoms with Crippen LogP contribution in [-0.2, 0) is 4.74 Å². The first-order valence-corrected chi connectivity index (χ1v) is 8.73. The van der Waals surface area contributed by atoms with Crippen molar-refractivity contribution in [1.29, 1.82) is 5.26 Å². The zero-order valence-corrected chi connectivity index (χ0v) is 15.1. The first-order valence-electron chi connectivity index (χ1n) is 7.65. The highest BCUT2D eigenvalue weighted by Gasteiger charge is 2.64. The van der Waals surface area contributed by atoms with Crippen molar-refractivity contribution in [3.05, 3.63) is 0 Å². The second-order valence-corrected chi connectivity index (χ2v) is 9.07. The van der Waals surface area contributed by atoms with Gasteiger partial charge in [-0.2, -0.15) is 18.4 Å². The molecule has 7 heteroatoms. The maximum Gasteiger partial charge on any atom is 0.419 e. The molecule has 0 aromatic heterocycles. The molecule has 0 amide bonds. The Bertz CT molecular complexity index is 433. The number of hydrogen-bond acceptors (Lipinski definition) is 3. The minimum absolute atomic E-state index is 0.00340. The Hall–Kier alpha value is -0.0700. The van der Waals surface area contributed by atoms with E-state index >= 15 is 0 Å². The van der Waals surface area contributed by atoms with E-state index in [2.05, 4.69) is 28.7 Å². The van der Waals surface area contributed by atoms with E-state index in [1.165, 1.54) is 0 Å². The molecule has 0 spiro atoms. The van der Waals surface area contributed by atoms with Gasteiger partial charge in [-0.25, -0.2) is 0 Å². The lowest BCUT2D eigenvalue weighted by molar-refractivity contribution is -0.332. The lowest BCUT2D eigenvalue weighted by Gasteiger charge is -2.55. The number of hydrogen-bond donors (Lipinski definition) is 0. The van der Waals surface area contributed by atoms with E-state index in [9.17, 15) is 13.2 Å². The molecule has 1 heterocycles. The van der Waals surface area contributed by atoms with Crippen LogP contribution in [0.5, 0.6) is 0 Å². The van der Waals surface area contributed by atoms with Crippen LogP contribution < -0.4 is 0 Å². The van der Waals surface area contributed by atoms with E-state index in [1.54, 1.807) is 13.8 Å². The number of nitrogens with zero attached hydrogens (tertiary/aromatic N) is 2. The number of likely N-dealkylation sites (tertiary alicyclic amines) is 1. The minimum atomic E-state index is -4.32. The first kappa shape index (κ1) is 18.3. The van der Waals surface area contributed by atoms with Gasteiger partial charge in [-0.3, -0.25) is 4.90 Å². The van der Waals surface area contributed by atoms with Crippen molar-refractivity contribution in [2.45, 2.75) is 73.3 Å². The number of halogens is 4. The monoisotopic (exact) mass is 430 g/mol. The van der Waals surface area contributed by atoms with E-state index in [-0.39, 0.29) is 22.6 Å². The van der Waals surface area contributed by atoms with E-state index < -0.39 is 17.9 Å². The molecule has 0 unspecified atom stereocenters. The molecule has 0 radical (unpaired) electrons. The predicted molar refractivity (Wildman–Crippen MR) is 85.8 cm³/mol. The Morgan fingerprint density at radius 2 is 1.86 bits per heavy atom. The van der Waals surface area contributed by atoms with Crippen LogP contribution in [0.1, 0.15) is 46.0 Å². The molecule has 0 N–H and O–H groups in total. The van der Waals surface area contributed by atoms with Gasteiger partial charge in [0.1, 0.15) is 0 Å². The molecule has 3 nitrogen and oxygen atoms in total. The molecule has 0 bridgehead atoms. The van der Waals surface area contributed by atoms with Crippen molar-refractivity contribution in [3.63, 3.8) is 0 Å². The van der Waals surface area contributed by atoms with E-state index in [0.717, 1.165) is 25.7 Å². The van der Waals surface area contributed by atoms with Gasteiger partial charge in [-0.15, -0.1) is 0 Å². The van der Waals surface area contributed by atoms with Gasteiger partial charge >= 0.3 is 6.18 Å². The van der Waals surface area contributed by atoms with Crippen LogP contribution in [0.25, 0.3) is 0 Å². The highest BCUT2D eigenvalue weighted by atomic mass is 127. The van der Waals surface area contributed by atoms with Crippen molar-refractivity contribution >= 4 is 22.6 Å². The molecule has 1 aliphatic carbocycles. The van der Waals surface area contributed by atoms with Gasteiger partial charge in [0.2, 0.25) is 0 Å². The molecule has 1 saturated carbocycles. The molecule has 22 heavy (non-hydrogen) atoms. The molecule has 2 rings (SSSR count). The Balaban J connectivity index is 1.92. The van der Waals surface area contributed by atoms with Crippen LogP contribution in [0.15, 0.2) is 0 Å². The largest absolute Gasteiger partial charge is 0.419 e. The zero-order valence-electron chi connectivity index (χ0n) is 12.9. The standard InChI is InChI=1S/C15H22F3IN2O/c1-11(2)22-14(15(16,17)18)9-21(10-14)12-3-5-13(19,6-4-12)7-8-20/h11-12H,3-7,9-10H2,1-2H3. The smallest absolute Gasteiger partial charge is 0.360 e. The number of alkyl halides is 4. The van der Waals surface area contributed by atoms with Crippen molar-refractivity contribution in [2.75, 3.05) is 13.1 Å². The van der Waals surface area contributed by atoms with Gasteiger partial charge in [0.15, 0.2) is 5.60 Å². The molecule has 126 valence electrons. The van der Waals surface area contributed by atoms with Crippen LogP contribution >= 0.6 is 22.6 Å². The third-order valence-electron chi connectivity index (χ3n) is 4.66. The lowest BCUT2D eigenvalue weighted by Crippen LogP contribution is -2.73. The summed E-state index contributed by atoms with van der Waals surface area (Å²) < 4.78 is 45.1. The van der Waals surface area contributed by atoms with E-state index in [0.29, 0.717) is 6.42 Å². The van der Waals surface area contributed by atoms with Crippen LogP contribution in [-0.4, -0.2) is 45.3 Å². The average Bonchev–Trinajstić information content (AvgIpc) is 2.33. The fourth-order valence-electron chi connectivity index (χ4n) is 3.44. The summed E-state index contributed by atoms with van der Waals surface area (Å²) in [4.78, 5) is 1.90. The predicted octanol–water partition coefficient (Wildman–Crippen LogP) is 4.06. The van der Waals surface area contributed by atoms with Crippen molar-refractivity contribution < 1.29 is 17.9 Å². The third-order valence-corrected chi connectivity index (χ3v) is 6.12. The van der Waals surface area contributed by atoms with Crippen LogP contribution in [0.2, 0.25) is 0 Å². The van der Waals surface area contributed by atoms with Gasteiger partial charge in [-0.1, -0.05) is 22.6 Å². The highest BCUT2D eigenvalue weighted by molar-refractivity contribution is 14.1. The SMILES string of the molecule is CC(C)OC1(C(F)(F)F)CN(C2CCC(I)(CC#N)CC2)C1. The summed E-state index contributed by atoms with van der Waals surface area (Å²) in [5.74, 6) is 0. The van der Waals surface area contributed by atoms with Gasteiger partial charge in [0.05, 0.1) is 12.2 Å². The average molecular weight is 430 g/mol. The zero-order chi connectivity index (χ0) is 16.6. The molecule has 1 aliphatic heterocycles. The topological polar surface area (TPSA) is 36.3 Å². The Kier molecular flexibility index (Phi) is 5.35. The normalized spacial score (nSPS) is 32.5. The summed E-state index contributed by atoms with van der Waals surface area (Å²) in [5.41, 5.74) is -1.99. The second kappa shape index (κ2) is 6.44. The minimum Gasteiger partial charge on any atom is -0.360 e. The molecule has 0 aromatic rings. The Morgan fingerprint density at radius 3 is 2.27 bits per heavy atom. The molecular weight excluding hydrogens is 408 g/mol. The highest BCUT2D eigenvalue weighted by Crippen LogP contribution is 2.46. The maximum atomic E-state index is 13.3. The lowest BCUT2D eigenvalue weighted by atomic mass is 9.80. The van der Waals surface area contributed by atoms with Crippen molar-refractivity contribution in [1.82, 2.24) is 4.90 Å². The summed E-state index contributed by atoms with van der Waals surface area (Å²) in [6, 6.07) is 2.40. The number of nitriles is 1. The van der Waals surface area contributed by atoms with Gasteiger partial charge in [-0.05, 0) is 39.5 Å². The molecule has 0 atom stereocenters. The van der Waals surface area contributed by atoms with Gasteiger partial charge in [0, 0.05) is 29.0 Å². The summed E-state index contributed by atoms with van der Waals surface area (Å²) >= 11 is 2.34. The summed E-state index contributed by atoms with van der Waals surface area (Å²) in [6.45, 7) is 3.16. The maximum absolute atomic E-state index is 13.3. The first-order chi connectivity index (χ1) is 10.1. The van der Waals surface area contributed by atoms with Crippen LogP contribution in [0, 0.1) is 11.3 Å². The Labute approximate surface area is 143 Å². The van der Waals surface area contributed by atoms with Crippen molar-refractivity contribution in [3.8, 4) is 6.07 Å². The van der Waals surface area contributed by atoms with E-state index in [4.69, 9.17) is 10.00 Å². The molecular formula is C15H22F3IN2O. The van der Waals surface area contributed by atoms with Crippen LogP contribution in [0.3, 0.4) is 0 Å². The summed E-state index contributed by atoms with van der Waals surface area (Å²) in [5, 5.41) is 8.85. The number of rotatable bonds is 4.